The Kier molecular flexibility index (Phi) is 7.44. The summed E-state index contributed by atoms with van der Waals surface area (Å²) in [7, 11) is 1.65. The van der Waals surface area contributed by atoms with Crippen molar-refractivity contribution >= 4 is 18.1 Å². The second-order valence-corrected chi connectivity index (χ2v) is 2.92. The zero-order valence-corrected chi connectivity index (χ0v) is 9.27. The molecule has 5 heteroatoms. The zero-order valence-electron chi connectivity index (χ0n) is 9.27. The van der Waals surface area contributed by atoms with E-state index in [9.17, 15) is 4.79 Å². The van der Waals surface area contributed by atoms with Crippen molar-refractivity contribution in [3.8, 4) is 0 Å². The number of carbonyl (C=O) groups is 2. The van der Waals surface area contributed by atoms with E-state index in [1.54, 1.807) is 7.11 Å². The molecule has 0 radical (unpaired) electrons. The molecule has 1 aromatic carbocycles. The van der Waals surface area contributed by atoms with Gasteiger partial charge in [0.25, 0.3) is 6.47 Å². The van der Waals surface area contributed by atoms with Gasteiger partial charge in [0.05, 0.1) is 6.61 Å². The Bertz CT molecular complexity index is 321. The van der Waals surface area contributed by atoms with E-state index in [0.717, 1.165) is 11.3 Å². The average Bonchev–Trinajstić information content (AvgIpc) is 2.22. The van der Waals surface area contributed by atoms with Gasteiger partial charge in [-0.3, -0.25) is 9.59 Å². The number of rotatable bonds is 3. The molecule has 2 N–H and O–H groups in total. The van der Waals surface area contributed by atoms with E-state index in [4.69, 9.17) is 14.6 Å². The van der Waals surface area contributed by atoms with Crippen LogP contribution in [0.3, 0.4) is 0 Å². The molecule has 0 unspecified atom stereocenters. The fourth-order valence-corrected chi connectivity index (χ4v) is 1.05. The van der Waals surface area contributed by atoms with Gasteiger partial charge in [-0.05, 0) is 17.7 Å². The lowest BCUT2D eigenvalue weighted by molar-refractivity contribution is -0.123. The summed E-state index contributed by atoms with van der Waals surface area (Å²) < 4.78 is 4.96. The monoisotopic (exact) mass is 225 g/mol. The molecule has 88 valence electrons. The number of hydrogen-bond acceptors (Lipinski definition) is 3. The first-order chi connectivity index (χ1) is 7.63. The summed E-state index contributed by atoms with van der Waals surface area (Å²) in [5.74, 6) is -0.0560. The van der Waals surface area contributed by atoms with Gasteiger partial charge in [-0.15, -0.1) is 0 Å². The van der Waals surface area contributed by atoms with Crippen LogP contribution >= 0.6 is 0 Å². The van der Waals surface area contributed by atoms with Gasteiger partial charge in [0, 0.05) is 19.7 Å². The number of amides is 1. The van der Waals surface area contributed by atoms with Crippen LogP contribution in [0.1, 0.15) is 12.5 Å². The van der Waals surface area contributed by atoms with Crippen molar-refractivity contribution in [2.75, 3.05) is 12.4 Å². The van der Waals surface area contributed by atoms with Crippen LogP contribution in [0.15, 0.2) is 24.3 Å². The van der Waals surface area contributed by atoms with Crippen molar-refractivity contribution in [1.82, 2.24) is 0 Å². The normalized spacial score (nSPS) is 8.62. The van der Waals surface area contributed by atoms with E-state index in [-0.39, 0.29) is 12.4 Å². The summed E-state index contributed by atoms with van der Waals surface area (Å²) in [6.45, 7) is 1.84. The standard InChI is InChI=1S/C10H13NO2.CH2O2/c1-8(12)11-10-5-3-9(4-6-10)7-13-2;2-1-3/h3-6H,7H2,1-2H3,(H,11,12);1H,(H,2,3). The Morgan fingerprint density at radius 1 is 1.44 bits per heavy atom. The molecular weight excluding hydrogens is 210 g/mol. The van der Waals surface area contributed by atoms with Crippen LogP contribution in [-0.4, -0.2) is 24.6 Å². The zero-order chi connectivity index (χ0) is 12.4. The number of carbonyl (C=O) groups excluding carboxylic acids is 1. The van der Waals surface area contributed by atoms with E-state index in [1.807, 2.05) is 24.3 Å². The predicted molar refractivity (Wildman–Crippen MR) is 60.2 cm³/mol. The van der Waals surface area contributed by atoms with Gasteiger partial charge in [-0.2, -0.15) is 0 Å². The molecule has 0 spiro atoms. The number of hydrogen-bond donors (Lipinski definition) is 2. The van der Waals surface area contributed by atoms with Gasteiger partial charge in [-0.25, -0.2) is 0 Å². The second-order valence-electron chi connectivity index (χ2n) is 2.92. The van der Waals surface area contributed by atoms with E-state index >= 15 is 0 Å². The molecule has 1 rings (SSSR count). The highest BCUT2D eigenvalue weighted by atomic mass is 16.5. The number of carboxylic acid groups (broad SMARTS) is 1. The van der Waals surface area contributed by atoms with Crippen molar-refractivity contribution in [3.05, 3.63) is 29.8 Å². The summed E-state index contributed by atoms with van der Waals surface area (Å²) in [5.41, 5.74) is 1.91. The molecule has 0 aliphatic heterocycles. The highest BCUT2D eigenvalue weighted by Crippen LogP contribution is 2.09. The van der Waals surface area contributed by atoms with Gasteiger partial charge >= 0.3 is 0 Å². The topological polar surface area (TPSA) is 75.6 Å². The van der Waals surface area contributed by atoms with Gasteiger partial charge in [0.15, 0.2) is 0 Å². The molecule has 0 aliphatic carbocycles. The van der Waals surface area contributed by atoms with Crippen LogP contribution in [0.5, 0.6) is 0 Å². The van der Waals surface area contributed by atoms with Crippen molar-refractivity contribution < 1.29 is 19.4 Å². The molecule has 5 nitrogen and oxygen atoms in total. The Balaban J connectivity index is 0.000000673. The third-order valence-corrected chi connectivity index (χ3v) is 1.59. The third kappa shape index (κ3) is 6.56. The van der Waals surface area contributed by atoms with Crippen molar-refractivity contribution in [3.63, 3.8) is 0 Å². The fraction of sp³-hybridized carbons (Fsp3) is 0.273. The molecule has 16 heavy (non-hydrogen) atoms. The number of benzene rings is 1. The average molecular weight is 225 g/mol. The fourth-order valence-electron chi connectivity index (χ4n) is 1.05. The molecular formula is C11H15NO4. The molecule has 0 aromatic heterocycles. The largest absolute Gasteiger partial charge is 0.483 e. The number of ether oxygens (including phenoxy) is 1. The first-order valence-corrected chi connectivity index (χ1v) is 4.57. The third-order valence-electron chi connectivity index (χ3n) is 1.59. The van der Waals surface area contributed by atoms with E-state index in [1.165, 1.54) is 6.92 Å². The molecule has 0 aliphatic rings. The maximum Gasteiger partial charge on any atom is 0.290 e. The van der Waals surface area contributed by atoms with Gasteiger partial charge < -0.3 is 15.2 Å². The summed E-state index contributed by atoms with van der Waals surface area (Å²) in [6, 6.07) is 7.56. The Labute approximate surface area is 94.0 Å². The Morgan fingerprint density at radius 2 is 1.94 bits per heavy atom. The van der Waals surface area contributed by atoms with Crippen LogP contribution in [0.4, 0.5) is 5.69 Å². The van der Waals surface area contributed by atoms with Crippen LogP contribution in [0.2, 0.25) is 0 Å². The summed E-state index contributed by atoms with van der Waals surface area (Å²) in [6.07, 6.45) is 0. The maximum atomic E-state index is 10.7. The van der Waals surface area contributed by atoms with Crippen molar-refractivity contribution in [2.24, 2.45) is 0 Å². The van der Waals surface area contributed by atoms with E-state index in [2.05, 4.69) is 5.32 Å². The smallest absolute Gasteiger partial charge is 0.290 e. The Hall–Kier alpha value is -1.88. The molecule has 0 fully saturated rings. The van der Waals surface area contributed by atoms with Crippen molar-refractivity contribution in [2.45, 2.75) is 13.5 Å². The van der Waals surface area contributed by atoms with Gasteiger partial charge in [-0.1, -0.05) is 12.1 Å². The molecule has 0 saturated heterocycles. The lowest BCUT2D eigenvalue weighted by Crippen LogP contribution is -2.05. The molecule has 0 saturated carbocycles. The summed E-state index contributed by atoms with van der Waals surface area (Å²) >= 11 is 0. The second kappa shape index (κ2) is 8.43. The highest BCUT2D eigenvalue weighted by molar-refractivity contribution is 5.88. The Morgan fingerprint density at radius 3 is 2.31 bits per heavy atom. The molecule has 1 aromatic rings. The number of methoxy groups -OCH3 is 1. The minimum absolute atomic E-state index is 0.0560. The minimum atomic E-state index is -0.250. The van der Waals surface area contributed by atoms with Crippen LogP contribution in [0.25, 0.3) is 0 Å². The van der Waals surface area contributed by atoms with E-state index in [0.29, 0.717) is 6.61 Å². The molecule has 0 atom stereocenters. The molecule has 1 amide bonds. The molecule has 0 heterocycles. The van der Waals surface area contributed by atoms with Crippen LogP contribution in [-0.2, 0) is 20.9 Å². The first kappa shape index (κ1) is 14.1. The maximum absolute atomic E-state index is 10.7. The minimum Gasteiger partial charge on any atom is -0.483 e. The summed E-state index contributed by atoms with van der Waals surface area (Å²) in [5, 5.41) is 9.58. The lowest BCUT2D eigenvalue weighted by atomic mass is 10.2. The predicted octanol–water partition coefficient (Wildman–Crippen LogP) is 1.49. The number of nitrogens with one attached hydrogen (secondary N) is 1. The quantitative estimate of drug-likeness (QED) is 0.764. The van der Waals surface area contributed by atoms with Crippen LogP contribution < -0.4 is 5.32 Å². The first-order valence-electron chi connectivity index (χ1n) is 4.57. The summed E-state index contributed by atoms with van der Waals surface area (Å²) in [4.78, 5) is 19.0. The van der Waals surface area contributed by atoms with Crippen LogP contribution in [0, 0.1) is 0 Å². The van der Waals surface area contributed by atoms with Crippen molar-refractivity contribution in [1.29, 1.82) is 0 Å². The number of anilines is 1. The highest BCUT2D eigenvalue weighted by Gasteiger charge is 1.95. The SMILES string of the molecule is COCc1ccc(NC(C)=O)cc1.O=CO. The van der Waals surface area contributed by atoms with Gasteiger partial charge in [0.2, 0.25) is 5.91 Å². The molecule has 0 bridgehead atoms. The lowest BCUT2D eigenvalue weighted by Gasteiger charge is -2.03. The van der Waals surface area contributed by atoms with Gasteiger partial charge in [0.1, 0.15) is 0 Å². The van der Waals surface area contributed by atoms with E-state index < -0.39 is 0 Å².